The molecule has 8 rings (SSSR count). The summed E-state index contributed by atoms with van der Waals surface area (Å²) in [6.45, 7) is 1.80. The fourth-order valence-electron chi connectivity index (χ4n) is 7.88. The molecule has 2 aromatic heterocycles. The second-order valence-electron chi connectivity index (χ2n) is 12.4. The predicted octanol–water partition coefficient (Wildman–Crippen LogP) is 4.87. The molecule has 5 aliphatic heterocycles. The van der Waals surface area contributed by atoms with Crippen LogP contribution in [0.2, 0.25) is 5.02 Å². The third kappa shape index (κ3) is 4.35. The Morgan fingerprint density at radius 2 is 2.02 bits per heavy atom. The highest BCUT2D eigenvalue weighted by Crippen LogP contribution is 2.48. The van der Waals surface area contributed by atoms with Crippen LogP contribution in [0.15, 0.2) is 12.1 Å². The average Bonchev–Trinajstić information content (AvgIpc) is 3.59. The van der Waals surface area contributed by atoms with E-state index in [4.69, 9.17) is 26.1 Å². The van der Waals surface area contributed by atoms with E-state index in [1.54, 1.807) is 0 Å². The Hall–Kier alpha value is -3.23. The molecule has 0 amide bonds. The molecule has 0 spiro atoms. The number of hydrogen-bond acceptors (Lipinski definition) is 9. The summed E-state index contributed by atoms with van der Waals surface area (Å²) < 4.78 is 85.8. The van der Waals surface area contributed by atoms with Crippen molar-refractivity contribution < 1.29 is 36.5 Å². The molecule has 0 aliphatic carbocycles. The van der Waals surface area contributed by atoms with E-state index in [-0.39, 0.29) is 54.1 Å². The maximum absolute atomic E-state index is 16.6. The van der Waals surface area contributed by atoms with Crippen molar-refractivity contribution in [3.05, 3.63) is 28.5 Å². The first kappa shape index (κ1) is 28.3. The maximum Gasteiger partial charge on any atom is 0.418 e. The molecule has 5 aliphatic rings. The van der Waals surface area contributed by atoms with Gasteiger partial charge in [0.2, 0.25) is 5.88 Å². The van der Waals surface area contributed by atoms with Crippen LogP contribution in [0.4, 0.5) is 27.8 Å². The van der Waals surface area contributed by atoms with Crippen LogP contribution in [0.3, 0.4) is 0 Å². The number of phenols is 1. The number of nitrogens with one attached hydrogen (secondary N) is 1. The van der Waals surface area contributed by atoms with Gasteiger partial charge in [0.05, 0.1) is 22.2 Å². The molecule has 0 unspecified atom stereocenters. The molecule has 234 valence electrons. The second kappa shape index (κ2) is 9.88. The molecule has 4 fully saturated rings. The topological polar surface area (TPSA) is 95.9 Å². The van der Waals surface area contributed by atoms with Crippen molar-refractivity contribution in [2.45, 2.75) is 68.1 Å². The van der Waals surface area contributed by atoms with Crippen molar-refractivity contribution >= 4 is 28.3 Å². The number of rotatable bonds is 4. The molecule has 9 nitrogen and oxygen atoms in total. The molecule has 44 heavy (non-hydrogen) atoms. The number of benzene rings is 1. The van der Waals surface area contributed by atoms with Crippen LogP contribution in [0.25, 0.3) is 22.2 Å². The summed E-state index contributed by atoms with van der Waals surface area (Å²) in [7, 11) is 0. The summed E-state index contributed by atoms with van der Waals surface area (Å²) in [6.07, 6.45) is -2.22. The van der Waals surface area contributed by atoms with Gasteiger partial charge in [-0.05, 0) is 44.4 Å². The minimum Gasteiger partial charge on any atom is -0.508 e. The van der Waals surface area contributed by atoms with Crippen LogP contribution in [0, 0.1) is 5.82 Å². The first-order valence-corrected chi connectivity index (χ1v) is 15.1. The number of pyridine rings is 1. The highest BCUT2D eigenvalue weighted by Gasteiger charge is 2.50. The van der Waals surface area contributed by atoms with Gasteiger partial charge in [-0.1, -0.05) is 11.6 Å². The van der Waals surface area contributed by atoms with Gasteiger partial charge in [0, 0.05) is 37.2 Å². The highest BCUT2D eigenvalue weighted by molar-refractivity contribution is 6.32. The van der Waals surface area contributed by atoms with Gasteiger partial charge in [0.1, 0.15) is 47.5 Å². The minimum absolute atomic E-state index is 0.0504. The number of halogens is 6. The molecule has 7 heterocycles. The number of fused-ring (bicyclic) bond motifs is 6. The molecule has 1 aromatic carbocycles. The number of ether oxygens (including phenoxy) is 2. The average molecular weight is 639 g/mol. The zero-order valence-electron chi connectivity index (χ0n) is 23.3. The van der Waals surface area contributed by atoms with E-state index in [9.17, 15) is 22.7 Å². The largest absolute Gasteiger partial charge is 0.508 e. The summed E-state index contributed by atoms with van der Waals surface area (Å²) >= 11 is 5.93. The van der Waals surface area contributed by atoms with Crippen molar-refractivity contribution in [3.63, 3.8) is 0 Å². The molecule has 2 N–H and O–H groups in total. The first-order valence-electron chi connectivity index (χ1n) is 14.7. The lowest BCUT2D eigenvalue weighted by atomic mass is 9.95. The number of phenolic OH excluding ortho intramolecular Hbond substituents is 1. The van der Waals surface area contributed by atoms with Gasteiger partial charge in [0.15, 0.2) is 5.82 Å². The molecule has 0 saturated carbocycles. The number of piperazine rings is 1. The lowest BCUT2D eigenvalue weighted by Gasteiger charge is -2.40. The van der Waals surface area contributed by atoms with E-state index in [2.05, 4.69) is 20.2 Å². The van der Waals surface area contributed by atoms with E-state index >= 15 is 4.39 Å². The monoisotopic (exact) mass is 638 g/mol. The Balaban J connectivity index is 1.31. The zero-order chi connectivity index (χ0) is 30.5. The van der Waals surface area contributed by atoms with Crippen molar-refractivity contribution in [2.24, 2.45) is 0 Å². The van der Waals surface area contributed by atoms with Crippen LogP contribution in [0.1, 0.15) is 37.7 Å². The molecule has 2 bridgehead atoms. The second-order valence-corrected chi connectivity index (χ2v) is 12.8. The standard InChI is InChI=1S/C29H28ClF5N6O3/c30-17-7-15(42)6-16(21(17)29(33,34)35)23-22(32)24-20-25(41-10-14-2-3-18(36-14)19(41)11-43-26(20)37-23)39-27(38-24)44-12-28-4-1-5-40(28)9-13(31)8-28/h6-7,13-14,18-19,36,42H,1-5,8-12H2/t13-,14-,18+,19-,28+/m0/s1. The third-order valence-corrected chi connectivity index (χ3v) is 10.1. The van der Waals surface area contributed by atoms with E-state index in [0.29, 0.717) is 25.3 Å². The van der Waals surface area contributed by atoms with Crippen molar-refractivity contribution in [1.82, 2.24) is 25.2 Å². The Labute approximate surface area is 253 Å². The molecule has 4 saturated heterocycles. The molecular formula is C29H28ClF5N6O3. The number of aromatic nitrogens is 3. The number of aromatic hydroxyl groups is 1. The fraction of sp³-hybridized carbons (Fsp3) is 0.552. The van der Waals surface area contributed by atoms with Gasteiger partial charge >= 0.3 is 12.2 Å². The smallest absolute Gasteiger partial charge is 0.418 e. The van der Waals surface area contributed by atoms with Gasteiger partial charge in [-0.25, -0.2) is 13.8 Å². The van der Waals surface area contributed by atoms with Gasteiger partial charge < -0.3 is 24.8 Å². The number of nitrogens with zero attached hydrogens (tertiary/aromatic N) is 5. The highest BCUT2D eigenvalue weighted by atomic mass is 35.5. The van der Waals surface area contributed by atoms with Crippen LogP contribution in [-0.2, 0) is 6.18 Å². The number of anilines is 1. The third-order valence-electron chi connectivity index (χ3n) is 9.78. The number of alkyl halides is 4. The van der Waals surface area contributed by atoms with E-state index in [1.807, 2.05) is 4.90 Å². The van der Waals surface area contributed by atoms with Crippen molar-refractivity contribution in [1.29, 1.82) is 0 Å². The summed E-state index contributed by atoms with van der Waals surface area (Å²) in [5, 5.41) is 13.0. The molecule has 3 aromatic rings. The first-order chi connectivity index (χ1) is 21.0. The van der Waals surface area contributed by atoms with E-state index < -0.39 is 51.3 Å². The van der Waals surface area contributed by atoms with Crippen molar-refractivity contribution in [3.8, 4) is 28.9 Å². The summed E-state index contributed by atoms with van der Waals surface area (Å²) in [5.41, 5.74) is -3.70. The lowest BCUT2D eigenvalue weighted by Crippen LogP contribution is -2.60. The maximum atomic E-state index is 16.6. The van der Waals surface area contributed by atoms with E-state index in [0.717, 1.165) is 44.4 Å². The Morgan fingerprint density at radius 1 is 1.18 bits per heavy atom. The summed E-state index contributed by atoms with van der Waals surface area (Å²) in [5.74, 6) is -1.58. The normalized spacial score (nSPS) is 29.5. The van der Waals surface area contributed by atoms with Gasteiger partial charge in [-0.15, -0.1) is 0 Å². The van der Waals surface area contributed by atoms with Crippen LogP contribution in [0.5, 0.6) is 17.6 Å². The summed E-state index contributed by atoms with van der Waals surface area (Å²) in [4.78, 5) is 17.4. The molecular weight excluding hydrogens is 611 g/mol. The Kier molecular flexibility index (Phi) is 6.35. The SMILES string of the molecule is Oc1cc(Cl)c(C(F)(F)F)c(-c2nc3c4c(nc(OC[C@]56CCCN5C[C@@H](F)C6)nc4c2F)N2C[C@@H]4CC[C@@H](N4)[C@@H]2CO3)c1. The van der Waals surface area contributed by atoms with Crippen LogP contribution in [-0.4, -0.2) is 87.6 Å². The number of hydrogen-bond donors (Lipinski definition) is 2. The van der Waals surface area contributed by atoms with Gasteiger partial charge in [0.25, 0.3) is 0 Å². The fourth-order valence-corrected chi connectivity index (χ4v) is 8.20. The Morgan fingerprint density at radius 3 is 2.84 bits per heavy atom. The zero-order valence-corrected chi connectivity index (χ0v) is 24.1. The van der Waals surface area contributed by atoms with E-state index in [1.165, 1.54) is 0 Å². The summed E-state index contributed by atoms with van der Waals surface area (Å²) in [6, 6.07) is 1.33. The van der Waals surface area contributed by atoms with Crippen LogP contribution >= 0.6 is 11.6 Å². The van der Waals surface area contributed by atoms with Crippen molar-refractivity contribution in [2.75, 3.05) is 37.7 Å². The predicted molar refractivity (Wildman–Crippen MR) is 150 cm³/mol. The van der Waals surface area contributed by atoms with Gasteiger partial charge in [-0.3, -0.25) is 4.90 Å². The molecule has 0 radical (unpaired) electrons. The molecule has 15 heteroatoms. The van der Waals surface area contributed by atoms with Crippen LogP contribution < -0.4 is 19.7 Å². The minimum atomic E-state index is -4.99. The van der Waals surface area contributed by atoms with Gasteiger partial charge in [-0.2, -0.15) is 23.1 Å². The Bertz CT molecular complexity index is 1680. The lowest BCUT2D eigenvalue weighted by molar-refractivity contribution is -0.137. The quantitative estimate of drug-likeness (QED) is 0.388. The molecule has 5 atom stereocenters.